The second kappa shape index (κ2) is 5.75. The molecule has 1 aromatic rings. The Kier molecular flexibility index (Phi) is 4.06. The van der Waals surface area contributed by atoms with Gasteiger partial charge in [0.05, 0.1) is 6.54 Å². The summed E-state index contributed by atoms with van der Waals surface area (Å²) in [6.07, 6.45) is 1.90. The minimum absolute atomic E-state index is 0.204. The molecule has 8 heteroatoms. The number of aliphatic imine (C=N–C) groups is 1. The largest absolute Gasteiger partial charge is 0.348 e. The molecular weight excluding hydrogens is 272 g/mol. The molecule has 1 atom stereocenters. The molecule has 0 aromatic carbocycles. The third-order valence-corrected chi connectivity index (χ3v) is 2.97. The molecule has 100 valence electrons. The lowest BCUT2D eigenvalue weighted by Gasteiger charge is -2.20. The molecule has 1 aliphatic rings. The molecule has 1 aliphatic heterocycles. The Hall–Kier alpha value is -2.02. The fourth-order valence-corrected chi connectivity index (χ4v) is 1.98. The highest BCUT2D eigenvalue weighted by Gasteiger charge is 2.33. The van der Waals surface area contributed by atoms with Crippen LogP contribution >= 0.6 is 11.6 Å². The van der Waals surface area contributed by atoms with Gasteiger partial charge in [-0.1, -0.05) is 17.7 Å². The van der Waals surface area contributed by atoms with Gasteiger partial charge in [-0.15, -0.1) is 0 Å². The summed E-state index contributed by atoms with van der Waals surface area (Å²) in [4.78, 5) is 30.7. The molecule has 0 bridgehead atoms. The SMILES string of the molecule is O=CC(C1=NCCN1Cc1ccc(Cl)nc1)[N+](=O)[O-]. The van der Waals surface area contributed by atoms with E-state index < -0.39 is 11.0 Å². The van der Waals surface area contributed by atoms with Gasteiger partial charge in [-0.05, 0) is 11.6 Å². The summed E-state index contributed by atoms with van der Waals surface area (Å²) in [5, 5.41) is 11.2. The molecule has 1 aromatic heterocycles. The molecule has 7 nitrogen and oxygen atoms in total. The van der Waals surface area contributed by atoms with Gasteiger partial charge >= 0.3 is 6.04 Å². The molecule has 19 heavy (non-hydrogen) atoms. The number of aldehydes is 1. The first kappa shape index (κ1) is 13.4. The van der Waals surface area contributed by atoms with E-state index in [0.717, 1.165) is 5.56 Å². The number of pyridine rings is 1. The number of nitrogens with zero attached hydrogens (tertiary/aromatic N) is 4. The van der Waals surface area contributed by atoms with Crippen molar-refractivity contribution in [3.8, 4) is 0 Å². The summed E-state index contributed by atoms with van der Waals surface area (Å²) in [7, 11) is 0. The van der Waals surface area contributed by atoms with E-state index in [0.29, 0.717) is 31.1 Å². The van der Waals surface area contributed by atoms with Crippen LogP contribution in [0.4, 0.5) is 0 Å². The average Bonchev–Trinajstić information content (AvgIpc) is 2.81. The van der Waals surface area contributed by atoms with E-state index in [1.807, 2.05) is 0 Å². The minimum Gasteiger partial charge on any atom is -0.348 e. The Morgan fingerprint density at radius 3 is 2.95 bits per heavy atom. The van der Waals surface area contributed by atoms with E-state index in [2.05, 4.69) is 9.98 Å². The maximum absolute atomic E-state index is 10.8. The molecule has 0 saturated carbocycles. The number of carbonyl (C=O) groups excluding carboxylic acids is 1. The normalized spacial score (nSPS) is 16.1. The van der Waals surface area contributed by atoms with Gasteiger partial charge in [0.1, 0.15) is 5.15 Å². The van der Waals surface area contributed by atoms with Crippen LogP contribution in [0.2, 0.25) is 5.15 Å². The zero-order valence-corrected chi connectivity index (χ0v) is 10.7. The number of rotatable bonds is 5. The van der Waals surface area contributed by atoms with Crippen LogP contribution in [0.5, 0.6) is 0 Å². The summed E-state index contributed by atoms with van der Waals surface area (Å²) in [5.74, 6) is 0.204. The van der Waals surface area contributed by atoms with Gasteiger partial charge in [-0.25, -0.2) is 4.98 Å². The van der Waals surface area contributed by atoms with Gasteiger partial charge in [0.2, 0.25) is 6.29 Å². The zero-order chi connectivity index (χ0) is 13.8. The van der Waals surface area contributed by atoms with Crippen molar-refractivity contribution in [3.63, 3.8) is 0 Å². The van der Waals surface area contributed by atoms with E-state index in [9.17, 15) is 14.9 Å². The fraction of sp³-hybridized carbons (Fsp3) is 0.364. The smallest absolute Gasteiger partial charge is 0.323 e. The number of halogens is 1. The molecule has 0 fully saturated rings. The number of carbonyl (C=O) groups is 1. The molecule has 0 spiro atoms. The van der Waals surface area contributed by atoms with Crippen LogP contribution in [0, 0.1) is 10.1 Å². The van der Waals surface area contributed by atoms with Crippen molar-refractivity contribution >= 4 is 23.7 Å². The Bertz CT molecular complexity index is 517. The van der Waals surface area contributed by atoms with E-state index in [-0.39, 0.29) is 5.84 Å². The maximum Gasteiger partial charge on any atom is 0.323 e. The molecule has 2 rings (SSSR count). The first-order valence-electron chi connectivity index (χ1n) is 5.60. The van der Waals surface area contributed by atoms with Crippen LogP contribution in [0.25, 0.3) is 0 Å². The van der Waals surface area contributed by atoms with Gasteiger partial charge < -0.3 is 4.90 Å². The van der Waals surface area contributed by atoms with E-state index in [1.165, 1.54) is 0 Å². The zero-order valence-electron chi connectivity index (χ0n) is 9.90. The number of aromatic nitrogens is 1. The van der Waals surface area contributed by atoms with Gasteiger partial charge in [0, 0.05) is 24.2 Å². The van der Waals surface area contributed by atoms with Crippen molar-refractivity contribution in [2.24, 2.45) is 4.99 Å². The second-order valence-corrected chi connectivity index (χ2v) is 4.40. The van der Waals surface area contributed by atoms with Crippen molar-refractivity contribution < 1.29 is 9.72 Å². The summed E-state index contributed by atoms with van der Waals surface area (Å²) in [6, 6.07) is 2.03. The van der Waals surface area contributed by atoms with Crippen molar-refractivity contribution in [3.05, 3.63) is 39.2 Å². The number of amidine groups is 1. The van der Waals surface area contributed by atoms with E-state index in [4.69, 9.17) is 11.6 Å². The number of hydrogen-bond donors (Lipinski definition) is 0. The predicted molar refractivity (Wildman–Crippen MR) is 68.8 cm³/mol. The van der Waals surface area contributed by atoms with Crippen LogP contribution in [0.1, 0.15) is 5.56 Å². The Labute approximate surface area is 114 Å². The molecular formula is C11H11ClN4O3. The fourth-order valence-electron chi connectivity index (χ4n) is 1.87. The number of hydrogen-bond acceptors (Lipinski definition) is 6. The molecule has 2 heterocycles. The highest BCUT2D eigenvalue weighted by Crippen LogP contribution is 2.13. The van der Waals surface area contributed by atoms with Crippen LogP contribution < -0.4 is 0 Å². The van der Waals surface area contributed by atoms with Gasteiger partial charge in [0.25, 0.3) is 0 Å². The molecule has 0 aliphatic carbocycles. The summed E-state index contributed by atoms with van der Waals surface area (Å²) >= 11 is 5.69. The Morgan fingerprint density at radius 1 is 1.58 bits per heavy atom. The summed E-state index contributed by atoms with van der Waals surface area (Å²) in [6.45, 7) is 1.42. The van der Waals surface area contributed by atoms with E-state index in [1.54, 1.807) is 23.2 Å². The lowest BCUT2D eigenvalue weighted by Crippen LogP contribution is -2.41. The van der Waals surface area contributed by atoms with E-state index >= 15 is 0 Å². The van der Waals surface area contributed by atoms with Crippen LogP contribution in [-0.4, -0.2) is 46.1 Å². The first-order chi connectivity index (χ1) is 9.11. The molecule has 0 saturated heterocycles. The van der Waals surface area contributed by atoms with Gasteiger partial charge in [-0.3, -0.25) is 19.9 Å². The van der Waals surface area contributed by atoms with Gasteiger partial charge in [-0.2, -0.15) is 0 Å². The van der Waals surface area contributed by atoms with Gasteiger partial charge in [0.15, 0.2) is 5.84 Å². The van der Waals surface area contributed by atoms with Crippen LogP contribution in [-0.2, 0) is 11.3 Å². The Morgan fingerprint density at radius 2 is 2.37 bits per heavy atom. The van der Waals surface area contributed by atoms with Crippen molar-refractivity contribution in [1.29, 1.82) is 0 Å². The average molecular weight is 283 g/mol. The highest BCUT2D eigenvalue weighted by atomic mass is 35.5. The summed E-state index contributed by atoms with van der Waals surface area (Å²) in [5.41, 5.74) is 0.854. The van der Waals surface area contributed by atoms with Crippen LogP contribution in [0.3, 0.4) is 0 Å². The van der Waals surface area contributed by atoms with Crippen molar-refractivity contribution in [2.45, 2.75) is 12.6 Å². The lowest BCUT2D eigenvalue weighted by molar-refractivity contribution is -0.488. The minimum atomic E-state index is -1.40. The monoisotopic (exact) mass is 282 g/mol. The van der Waals surface area contributed by atoms with Crippen molar-refractivity contribution in [2.75, 3.05) is 13.1 Å². The maximum atomic E-state index is 10.8. The molecule has 0 radical (unpaired) electrons. The predicted octanol–water partition coefficient (Wildman–Crippen LogP) is 0.793. The lowest BCUT2D eigenvalue weighted by atomic mass is 10.2. The second-order valence-electron chi connectivity index (χ2n) is 4.02. The molecule has 0 N–H and O–H groups in total. The summed E-state index contributed by atoms with van der Waals surface area (Å²) < 4.78 is 0. The molecule has 0 amide bonds. The standard InChI is InChI=1S/C11H11ClN4O3/c12-10-2-1-8(5-14-10)6-15-4-3-13-11(15)9(7-17)16(18)19/h1-2,5,7,9H,3-4,6H2. The first-order valence-corrected chi connectivity index (χ1v) is 5.98. The van der Waals surface area contributed by atoms with Crippen molar-refractivity contribution in [1.82, 2.24) is 9.88 Å². The molecule has 1 unspecified atom stereocenters. The number of nitro groups is 1. The highest BCUT2D eigenvalue weighted by molar-refractivity contribution is 6.29. The topological polar surface area (TPSA) is 88.7 Å². The third-order valence-electron chi connectivity index (χ3n) is 2.75. The Balaban J connectivity index is 2.12. The third kappa shape index (κ3) is 3.05. The van der Waals surface area contributed by atoms with Crippen LogP contribution in [0.15, 0.2) is 23.3 Å². The quantitative estimate of drug-likeness (QED) is 0.345.